The number of nitrogens with one attached hydrogen (secondary N) is 2. The molecule has 1 atom stereocenters. The predicted octanol–water partition coefficient (Wildman–Crippen LogP) is 3.36. The number of benzene rings is 1. The molecule has 1 unspecified atom stereocenters. The molecule has 1 aliphatic heterocycles. The van der Waals surface area contributed by atoms with Gasteiger partial charge in [0.1, 0.15) is 0 Å². The first-order chi connectivity index (χ1) is 13.7. The summed E-state index contributed by atoms with van der Waals surface area (Å²) in [5.41, 5.74) is 2.66. The van der Waals surface area contributed by atoms with Crippen molar-refractivity contribution in [1.82, 2.24) is 15.5 Å². The Morgan fingerprint density at radius 2 is 1.83 bits per heavy atom. The van der Waals surface area contributed by atoms with Crippen molar-refractivity contribution >= 4 is 29.9 Å². The lowest BCUT2D eigenvalue weighted by molar-refractivity contribution is 0.0698. The van der Waals surface area contributed by atoms with Crippen LogP contribution in [-0.4, -0.2) is 70.5 Å². The van der Waals surface area contributed by atoms with Crippen LogP contribution in [0.1, 0.15) is 43.4 Å². The van der Waals surface area contributed by atoms with E-state index in [1.165, 1.54) is 24.0 Å². The van der Waals surface area contributed by atoms with Crippen LogP contribution in [0.2, 0.25) is 0 Å². The SMILES string of the molecule is CCNC(=NCC(c1ccc(C)cc1)N1CCCC1)NCCCOCCOC.I. The number of hydrogen-bond acceptors (Lipinski definition) is 4. The van der Waals surface area contributed by atoms with E-state index in [-0.39, 0.29) is 24.0 Å². The molecule has 29 heavy (non-hydrogen) atoms. The van der Waals surface area contributed by atoms with E-state index in [0.717, 1.165) is 51.7 Å². The van der Waals surface area contributed by atoms with Gasteiger partial charge in [-0.05, 0) is 51.8 Å². The fourth-order valence-electron chi connectivity index (χ4n) is 3.42. The second-order valence-electron chi connectivity index (χ2n) is 7.27. The number of hydrogen-bond donors (Lipinski definition) is 2. The molecule has 2 rings (SSSR count). The van der Waals surface area contributed by atoms with Crippen LogP contribution in [0.25, 0.3) is 0 Å². The van der Waals surface area contributed by atoms with Gasteiger partial charge in [-0.25, -0.2) is 0 Å². The number of methoxy groups -OCH3 is 1. The third kappa shape index (κ3) is 10.1. The summed E-state index contributed by atoms with van der Waals surface area (Å²) in [4.78, 5) is 7.47. The summed E-state index contributed by atoms with van der Waals surface area (Å²) in [6, 6.07) is 9.26. The molecule has 0 aliphatic carbocycles. The molecule has 0 aromatic heterocycles. The third-order valence-corrected chi connectivity index (χ3v) is 5.00. The van der Waals surface area contributed by atoms with Crippen LogP contribution in [0.5, 0.6) is 0 Å². The van der Waals surface area contributed by atoms with E-state index < -0.39 is 0 Å². The van der Waals surface area contributed by atoms with Gasteiger partial charge in [-0.15, -0.1) is 24.0 Å². The Balaban J connectivity index is 0.00000420. The van der Waals surface area contributed by atoms with Gasteiger partial charge in [0.25, 0.3) is 0 Å². The van der Waals surface area contributed by atoms with Crippen LogP contribution < -0.4 is 10.6 Å². The molecule has 6 nitrogen and oxygen atoms in total. The van der Waals surface area contributed by atoms with Gasteiger partial charge in [0, 0.05) is 26.8 Å². The van der Waals surface area contributed by atoms with Crippen LogP contribution in [0.15, 0.2) is 29.3 Å². The second kappa shape index (κ2) is 15.9. The zero-order valence-electron chi connectivity index (χ0n) is 18.3. The summed E-state index contributed by atoms with van der Waals surface area (Å²) in [7, 11) is 1.69. The minimum Gasteiger partial charge on any atom is -0.382 e. The number of rotatable bonds is 12. The molecule has 0 bridgehead atoms. The molecule has 2 N–H and O–H groups in total. The van der Waals surface area contributed by atoms with E-state index in [0.29, 0.717) is 19.3 Å². The van der Waals surface area contributed by atoms with Gasteiger partial charge in [0.2, 0.25) is 0 Å². The predicted molar refractivity (Wildman–Crippen MR) is 131 cm³/mol. The molecule has 166 valence electrons. The highest BCUT2D eigenvalue weighted by molar-refractivity contribution is 14.0. The molecule has 1 saturated heterocycles. The van der Waals surface area contributed by atoms with E-state index in [1.54, 1.807) is 7.11 Å². The Bertz CT molecular complexity index is 562. The highest BCUT2D eigenvalue weighted by Crippen LogP contribution is 2.25. The van der Waals surface area contributed by atoms with Crippen LogP contribution >= 0.6 is 24.0 Å². The van der Waals surface area contributed by atoms with Crippen LogP contribution in [0.4, 0.5) is 0 Å². The maximum Gasteiger partial charge on any atom is 0.191 e. The summed E-state index contributed by atoms with van der Waals surface area (Å²) in [6.45, 7) is 11.1. The Hall–Kier alpha value is -0.900. The lowest BCUT2D eigenvalue weighted by Gasteiger charge is -2.27. The molecule has 7 heteroatoms. The minimum absolute atomic E-state index is 0. The number of ether oxygens (including phenoxy) is 2. The number of likely N-dealkylation sites (tertiary alicyclic amines) is 1. The largest absolute Gasteiger partial charge is 0.382 e. The van der Waals surface area contributed by atoms with Crippen molar-refractivity contribution in [3.63, 3.8) is 0 Å². The van der Waals surface area contributed by atoms with Crippen molar-refractivity contribution in [2.24, 2.45) is 4.99 Å². The fraction of sp³-hybridized carbons (Fsp3) is 0.682. The number of halogens is 1. The number of aliphatic imine (C=N–C) groups is 1. The van der Waals surface area contributed by atoms with Crippen LogP contribution in [0, 0.1) is 6.92 Å². The van der Waals surface area contributed by atoms with Crippen molar-refractivity contribution in [2.45, 2.75) is 39.2 Å². The molecule has 0 saturated carbocycles. The average Bonchev–Trinajstić information content (AvgIpc) is 3.23. The molecule has 1 fully saturated rings. The standard InChI is InChI=1S/C22H38N4O2.HI/c1-4-23-22(24-12-7-15-28-17-16-27-3)25-18-21(26-13-5-6-14-26)20-10-8-19(2)9-11-20;/h8-11,21H,4-7,12-18H2,1-3H3,(H2,23,24,25);1H. The normalized spacial score (nSPS) is 15.8. The number of guanidine groups is 1. The number of nitrogens with zero attached hydrogens (tertiary/aromatic N) is 2. The van der Waals surface area contributed by atoms with Gasteiger partial charge >= 0.3 is 0 Å². The first-order valence-corrected chi connectivity index (χ1v) is 10.6. The van der Waals surface area contributed by atoms with Crippen molar-refractivity contribution in [2.75, 3.05) is 59.7 Å². The maximum absolute atomic E-state index is 5.52. The molecular weight excluding hydrogens is 479 g/mol. The zero-order chi connectivity index (χ0) is 20.0. The molecular formula is C22H39IN4O2. The molecule has 1 aliphatic rings. The van der Waals surface area contributed by atoms with Gasteiger partial charge in [-0.1, -0.05) is 29.8 Å². The summed E-state index contributed by atoms with van der Waals surface area (Å²) in [5, 5.41) is 6.79. The van der Waals surface area contributed by atoms with E-state index >= 15 is 0 Å². The van der Waals surface area contributed by atoms with Gasteiger partial charge in [-0.2, -0.15) is 0 Å². The molecule has 1 heterocycles. The van der Waals surface area contributed by atoms with Crippen LogP contribution in [0.3, 0.4) is 0 Å². The topological polar surface area (TPSA) is 58.1 Å². The first kappa shape index (κ1) is 26.1. The lowest BCUT2D eigenvalue weighted by atomic mass is 10.0. The summed E-state index contributed by atoms with van der Waals surface area (Å²) < 4.78 is 10.5. The fourth-order valence-corrected chi connectivity index (χ4v) is 3.42. The second-order valence-corrected chi connectivity index (χ2v) is 7.27. The van der Waals surface area contributed by atoms with Crippen LogP contribution in [-0.2, 0) is 9.47 Å². The molecule has 1 aromatic carbocycles. The Kier molecular flexibility index (Phi) is 14.3. The Morgan fingerprint density at radius 3 is 2.48 bits per heavy atom. The highest BCUT2D eigenvalue weighted by Gasteiger charge is 2.23. The third-order valence-electron chi connectivity index (χ3n) is 5.00. The summed E-state index contributed by atoms with van der Waals surface area (Å²) >= 11 is 0. The monoisotopic (exact) mass is 518 g/mol. The minimum atomic E-state index is 0. The lowest BCUT2D eigenvalue weighted by Crippen LogP contribution is -2.39. The molecule has 0 amide bonds. The van der Waals surface area contributed by atoms with Gasteiger partial charge in [0.15, 0.2) is 5.96 Å². The van der Waals surface area contributed by atoms with E-state index in [2.05, 4.69) is 53.6 Å². The zero-order valence-corrected chi connectivity index (χ0v) is 20.6. The van der Waals surface area contributed by atoms with Gasteiger partial charge < -0.3 is 20.1 Å². The van der Waals surface area contributed by atoms with Crippen molar-refractivity contribution in [3.05, 3.63) is 35.4 Å². The Labute approximate surface area is 193 Å². The van der Waals surface area contributed by atoms with Gasteiger partial charge in [0.05, 0.1) is 25.8 Å². The quantitative estimate of drug-likeness (QED) is 0.192. The maximum atomic E-state index is 5.52. The van der Waals surface area contributed by atoms with Crippen molar-refractivity contribution in [3.8, 4) is 0 Å². The Morgan fingerprint density at radius 1 is 1.10 bits per heavy atom. The number of aryl methyl sites for hydroxylation is 1. The molecule has 0 radical (unpaired) electrons. The average molecular weight is 518 g/mol. The van der Waals surface area contributed by atoms with Gasteiger partial charge in [-0.3, -0.25) is 9.89 Å². The van der Waals surface area contributed by atoms with E-state index in [1.807, 2.05) is 0 Å². The molecule has 1 aromatic rings. The summed E-state index contributed by atoms with van der Waals surface area (Å²) in [6.07, 6.45) is 3.52. The molecule has 0 spiro atoms. The van der Waals surface area contributed by atoms with E-state index in [4.69, 9.17) is 14.5 Å². The van der Waals surface area contributed by atoms with E-state index in [9.17, 15) is 0 Å². The first-order valence-electron chi connectivity index (χ1n) is 10.6. The highest BCUT2D eigenvalue weighted by atomic mass is 127. The smallest absolute Gasteiger partial charge is 0.191 e. The van der Waals surface area contributed by atoms with Crippen molar-refractivity contribution < 1.29 is 9.47 Å². The van der Waals surface area contributed by atoms with Crippen molar-refractivity contribution in [1.29, 1.82) is 0 Å². The summed E-state index contributed by atoms with van der Waals surface area (Å²) in [5.74, 6) is 0.885.